The normalized spacial score (nSPS) is 19.1. The molecule has 198 valence electrons. The van der Waals surface area contributed by atoms with Crippen LogP contribution in [0.25, 0.3) is 0 Å². The van der Waals surface area contributed by atoms with Crippen molar-refractivity contribution in [1.29, 1.82) is 0 Å². The number of amides is 2. The summed E-state index contributed by atoms with van der Waals surface area (Å²) in [6.07, 6.45) is 4.04. The van der Waals surface area contributed by atoms with Crippen LogP contribution in [0.4, 0.5) is 5.69 Å². The Morgan fingerprint density at radius 1 is 1.00 bits per heavy atom. The molecule has 37 heavy (non-hydrogen) atoms. The van der Waals surface area contributed by atoms with Crippen LogP contribution in [0.5, 0.6) is 23.0 Å². The molecular formula is C28H35N3O6. The summed E-state index contributed by atoms with van der Waals surface area (Å²) in [7, 11) is 3.28. The Morgan fingerprint density at radius 3 is 2.59 bits per heavy atom. The van der Waals surface area contributed by atoms with Crippen LogP contribution in [0.15, 0.2) is 30.3 Å². The van der Waals surface area contributed by atoms with Gasteiger partial charge in [0.15, 0.2) is 23.0 Å². The summed E-state index contributed by atoms with van der Waals surface area (Å²) in [6.45, 7) is 3.75. The summed E-state index contributed by atoms with van der Waals surface area (Å²) in [5.74, 6) is 2.85. The molecule has 1 unspecified atom stereocenters. The smallest absolute Gasteiger partial charge is 0.231 e. The van der Waals surface area contributed by atoms with E-state index in [0.29, 0.717) is 49.0 Å². The van der Waals surface area contributed by atoms with Crippen molar-refractivity contribution in [3.63, 3.8) is 0 Å². The second-order valence-electron chi connectivity index (χ2n) is 9.85. The first-order chi connectivity index (χ1) is 18.0. The molecule has 3 heterocycles. The number of ether oxygens (including phenoxy) is 4. The van der Waals surface area contributed by atoms with E-state index >= 15 is 0 Å². The number of hydrogen-bond donors (Lipinski definition) is 1. The van der Waals surface area contributed by atoms with Gasteiger partial charge in [0.05, 0.1) is 20.1 Å². The van der Waals surface area contributed by atoms with E-state index in [-0.39, 0.29) is 24.5 Å². The lowest BCUT2D eigenvalue weighted by Crippen LogP contribution is -2.45. The third-order valence-electron chi connectivity index (χ3n) is 7.42. The molecule has 3 aliphatic heterocycles. The van der Waals surface area contributed by atoms with Gasteiger partial charge in [0.25, 0.3) is 0 Å². The van der Waals surface area contributed by atoms with E-state index in [4.69, 9.17) is 18.9 Å². The number of likely N-dealkylation sites (tertiary alicyclic amines) is 1. The van der Waals surface area contributed by atoms with Gasteiger partial charge in [-0.2, -0.15) is 0 Å². The molecule has 0 spiro atoms. The lowest BCUT2D eigenvalue weighted by molar-refractivity contribution is -0.138. The molecule has 1 N–H and O–H groups in total. The van der Waals surface area contributed by atoms with E-state index in [1.807, 2.05) is 23.1 Å². The number of benzene rings is 2. The molecular weight excluding hydrogens is 474 g/mol. The van der Waals surface area contributed by atoms with Crippen molar-refractivity contribution >= 4 is 17.5 Å². The SMILES string of the molecule is COc1cc2c(cc1OC)CN(C(=O)C1CCCN(CCC(=O)Nc3ccc4c(c3)OCO4)C1)CCC2. The van der Waals surface area contributed by atoms with Crippen molar-refractivity contribution < 1.29 is 28.5 Å². The van der Waals surface area contributed by atoms with Gasteiger partial charge in [-0.1, -0.05) is 0 Å². The zero-order valence-corrected chi connectivity index (χ0v) is 21.6. The molecule has 0 bridgehead atoms. The maximum atomic E-state index is 13.6. The van der Waals surface area contributed by atoms with E-state index in [0.717, 1.165) is 50.1 Å². The molecule has 9 nitrogen and oxygen atoms in total. The van der Waals surface area contributed by atoms with Gasteiger partial charge in [-0.05, 0) is 67.6 Å². The molecule has 2 aromatic carbocycles. The average molecular weight is 510 g/mol. The summed E-state index contributed by atoms with van der Waals surface area (Å²) in [5, 5.41) is 2.94. The van der Waals surface area contributed by atoms with E-state index in [1.54, 1.807) is 26.4 Å². The fourth-order valence-corrected chi connectivity index (χ4v) is 5.45. The van der Waals surface area contributed by atoms with Gasteiger partial charge in [-0.15, -0.1) is 0 Å². The summed E-state index contributed by atoms with van der Waals surface area (Å²) in [6, 6.07) is 9.43. The van der Waals surface area contributed by atoms with Crippen LogP contribution in [-0.2, 0) is 22.6 Å². The number of hydrogen-bond acceptors (Lipinski definition) is 7. The van der Waals surface area contributed by atoms with Gasteiger partial charge in [-0.3, -0.25) is 9.59 Å². The van der Waals surface area contributed by atoms with Gasteiger partial charge in [0.2, 0.25) is 18.6 Å². The maximum Gasteiger partial charge on any atom is 0.231 e. The van der Waals surface area contributed by atoms with Gasteiger partial charge in [0.1, 0.15) is 0 Å². The third-order valence-corrected chi connectivity index (χ3v) is 7.42. The highest BCUT2D eigenvalue weighted by atomic mass is 16.7. The van der Waals surface area contributed by atoms with Crippen molar-refractivity contribution in [3.8, 4) is 23.0 Å². The number of carbonyl (C=O) groups is 2. The second kappa shape index (κ2) is 11.3. The van der Waals surface area contributed by atoms with Gasteiger partial charge in [-0.25, -0.2) is 0 Å². The number of anilines is 1. The molecule has 0 aliphatic carbocycles. The molecule has 2 aromatic rings. The number of piperidine rings is 1. The first kappa shape index (κ1) is 25.2. The van der Waals surface area contributed by atoms with Crippen molar-refractivity contribution in [2.75, 3.05) is 52.5 Å². The van der Waals surface area contributed by atoms with Crippen molar-refractivity contribution in [1.82, 2.24) is 9.80 Å². The van der Waals surface area contributed by atoms with Crippen LogP contribution >= 0.6 is 0 Å². The molecule has 0 saturated carbocycles. The van der Waals surface area contributed by atoms with Crippen LogP contribution in [0.3, 0.4) is 0 Å². The zero-order chi connectivity index (χ0) is 25.8. The molecule has 5 rings (SSSR count). The maximum absolute atomic E-state index is 13.6. The van der Waals surface area contributed by atoms with Gasteiger partial charge < -0.3 is 34.1 Å². The number of fused-ring (bicyclic) bond motifs is 2. The van der Waals surface area contributed by atoms with Crippen molar-refractivity contribution in [2.45, 2.75) is 38.6 Å². The number of nitrogens with one attached hydrogen (secondary N) is 1. The van der Waals surface area contributed by atoms with Crippen LogP contribution in [0.1, 0.15) is 36.8 Å². The minimum absolute atomic E-state index is 0.0487. The number of aryl methyl sites for hydroxylation is 1. The van der Waals surface area contributed by atoms with Crippen molar-refractivity contribution in [2.24, 2.45) is 5.92 Å². The Balaban J connectivity index is 1.15. The van der Waals surface area contributed by atoms with Crippen LogP contribution in [-0.4, -0.2) is 68.8 Å². The predicted octanol–water partition coefficient (Wildman–Crippen LogP) is 3.45. The first-order valence-corrected chi connectivity index (χ1v) is 13.0. The third kappa shape index (κ3) is 5.77. The second-order valence-corrected chi connectivity index (χ2v) is 9.85. The van der Waals surface area contributed by atoms with Crippen molar-refractivity contribution in [3.05, 3.63) is 41.5 Å². The van der Waals surface area contributed by atoms with E-state index in [2.05, 4.69) is 10.2 Å². The highest BCUT2D eigenvalue weighted by molar-refractivity contribution is 5.91. The molecule has 2 amide bonds. The topological polar surface area (TPSA) is 89.6 Å². The predicted molar refractivity (Wildman–Crippen MR) is 138 cm³/mol. The summed E-state index contributed by atoms with van der Waals surface area (Å²) in [4.78, 5) is 30.4. The Morgan fingerprint density at radius 2 is 1.78 bits per heavy atom. The Hall–Kier alpha value is -3.46. The minimum Gasteiger partial charge on any atom is -0.493 e. The van der Waals surface area contributed by atoms with E-state index in [9.17, 15) is 9.59 Å². The van der Waals surface area contributed by atoms with Crippen LogP contribution in [0, 0.1) is 5.92 Å². The van der Waals surface area contributed by atoms with Crippen LogP contribution < -0.4 is 24.3 Å². The largest absolute Gasteiger partial charge is 0.493 e. The highest BCUT2D eigenvalue weighted by Gasteiger charge is 2.31. The number of carbonyl (C=O) groups excluding carboxylic acids is 2. The minimum atomic E-state index is -0.0548. The molecule has 0 aromatic heterocycles. The lowest BCUT2D eigenvalue weighted by atomic mass is 9.96. The number of rotatable bonds is 7. The molecule has 0 radical (unpaired) electrons. The first-order valence-electron chi connectivity index (χ1n) is 13.0. The standard InChI is InChI=1S/C28H35N3O6/c1-34-24-13-19-5-4-11-31(17-21(19)14-25(24)35-2)28(33)20-6-3-10-30(16-20)12-9-27(32)29-22-7-8-23-26(15-22)37-18-36-23/h7-8,13-15,20H,3-6,9-12,16-18H2,1-2H3,(H,29,32). The Kier molecular flexibility index (Phi) is 7.69. The molecule has 3 aliphatic rings. The van der Waals surface area contributed by atoms with E-state index in [1.165, 1.54) is 5.56 Å². The monoisotopic (exact) mass is 509 g/mol. The zero-order valence-electron chi connectivity index (χ0n) is 21.6. The number of nitrogens with zero attached hydrogens (tertiary/aromatic N) is 2. The summed E-state index contributed by atoms with van der Waals surface area (Å²) < 4.78 is 21.7. The summed E-state index contributed by atoms with van der Waals surface area (Å²) >= 11 is 0. The average Bonchev–Trinajstić information content (AvgIpc) is 3.29. The highest BCUT2D eigenvalue weighted by Crippen LogP contribution is 2.35. The quantitative estimate of drug-likeness (QED) is 0.612. The molecule has 1 fully saturated rings. The molecule has 1 atom stereocenters. The molecule has 9 heteroatoms. The van der Waals surface area contributed by atoms with E-state index < -0.39 is 0 Å². The van der Waals surface area contributed by atoms with Crippen LogP contribution in [0.2, 0.25) is 0 Å². The Bertz CT molecular complexity index is 1150. The fourth-order valence-electron chi connectivity index (χ4n) is 5.45. The fraction of sp³-hybridized carbons (Fsp3) is 0.500. The Labute approximate surface area is 217 Å². The van der Waals surface area contributed by atoms with Gasteiger partial charge in [0, 0.05) is 44.4 Å². The van der Waals surface area contributed by atoms with Gasteiger partial charge >= 0.3 is 0 Å². The lowest BCUT2D eigenvalue weighted by Gasteiger charge is -2.34. The summed E-state index contributed by atoms with van der Waals surface area (Å²) in [5.41, 5.74) is 3.03. The molecule has 1 saturated heterocycles. The number of methoxy groups -OCH3 is 2.